The molecule has 0 bridgehead atoms. The van der Waals surface area contributed by atoms with E-state index in [2.05, 4.69) is 0 Å². The van der Waals surface area contributed by atoms with Crippen LogP contribution in [0, 0.1) is 19.8 Å². The van der Waals surface area contributed by atoms with Gasteiger partial charge in [-0.25, -0.2) is 0 Å². The van der Waals surface area contributed by atoms with Crippen molar-refractivity contribution in [2.75, 3.05) is 33.3 Å². The highest BCUT2D eigenvalue weighted by Gasteiger charge is 2.26. The van der Waals surface area contributed by atoms with Crippen molar-refractivity contribution in [1.82, 2.24) is 9.80 Å². The predicted molar refractivity (Wildman–Crippen MR) is 94.4 cm³/mol. The smallest absolute Gasteiger partial charge is 0.257 e. The molecule has 0 radical (unpaired) electrons. The summed E-state index contributed by atoms with van der Waals surface area (Å²) in [7, 11) is 1.60. The van der Waals surface area contributed by atoms with Gasteiger partial charge in [-0.3, -0.25) is 9.59 Å². The molecule has 24 heavy (non-hydrogen) atoms. The molecule has 0 spiro atoms. The lowest BCUT2D eigenvalue weighted by Gasteiger charge is -2.24. The molecule has 1 aliphatic heterocycles. The number of rotatable bonds is 3. The lowest BCUT2D eigenvalue weighted by atomic mass is 10.0. The molecular formula is C19H28N2O3. The highest BCUT2D eigenvalue weighted by molar-refractivity contribution is 5.97. The standard InChI is InChI=1S/C19H28N2O3/c1-13(2)18(22)20-7-6-8-21(10-9-20)19(23)16-12-14(3)11-15(4)17(16)24-5/h11-13H,6-10H2,1-5H3. The van der Waals surface area contributed by atoms with Gasteiger partial charge < -0.3 is 14.5 Å². The van der Waals surface area contributed by atoms with E-state index in [9.17, 15) is 9.59 Å². The fourth-order valence-corrected chi connectivity index (χ4v) is 3.26. The van der Waals surface area contributed by atoms with Crippen molar-refractivity contribution in [3.63, 3.8) is 0 Å². The maximum atomic E-state index is 13.0. The zero-order valence-electron chi connectivity index (χ0n) is 15.4. The molecule has 0 N–H and O–H groups in total. The minimum atomic E-state index is -0.0162. The largest absolute Gasteiger partial charge is 0.496 e. The van der Waals surface area contributed by atoms with Crippen LogP contribution in [-0.2, 0) is 4.79 Å². The molecule has 0 aliphatic carbocycles. The van der Waals surface area contributed by atoms with Gasteiger partial charge in [0.25, 0.3) is 5.91 Å². The predicted octanol–water partition coefficient (Wildman–Crippen LogP) is 2.64. The quantitative estimate of drug-likeness (QED) is 0.855. The van der Waals surface area contributed by atoms with Gasteiger partial charge in [-0.1, -0.05) is 19.9 Å². The molecule has 5 heteroatoms. The number of aryl methyl sites for hydroxylation is 2. The van der Waals surface area contributed by atoms with E-state index in [1.165, 1.54) is 0 Å². The van der Waals surface area contributed by atoms with Crippen molar-refractivity contribution in [3.05, 3.63) is 28.8 Å². The number of hydrogen-bond donors (Lipinski definition) is 0. The first-order valence-electron chi connectivity index (χ1n) is 8.58. The number of hydrogen-bond acceptors (Lipinski definition) is 3. The van der Waals surface area contributed by atoms with Gasteiger partial charge in [0.1, 0.15) is 5.75 Å². The van der Waals surface area contributed by atoms with Crippen molar-refractivity contribution < 1.29 is 14.3 Å². The van der Waals surface area contributed by atoms with Crippen molar-refractivity contribution in [2.24, 2.45) is 5.92 Å². The molecule has 1 aromatic carbocycles. The monoisotopic (exact) mass is 332 g/mol. The molecule has 1 fully saturated rings. The highest BCUT2D eigenvalue weighted by atomic mass is 16.5. The fraction of sp³-hybridized carbons (Fsp3) is 0.579. The average molecular weight is 332 g/mol. The normalized spacial score (nSPS) is 15.4. The van der Waals surface area contributed by atoms with E-state index in [-0.39, 0.29) is 17.7 Å². The molecule has 0 saturated carbocycles. The minimum absolute atomic E-state index is 0.00762. The number of benzene rings is 1. The summed E-state index contributed by atoms with van der Waals surface area (Å²) in [6, 6.07) is 3.90. The van der Waals surface area contributed by atoms with Crippen molar-refractivity contribution >= 4 is 11.8 Å². The van der Waals surface area contributed by atoms with Gasteiger partial charge in [0.05, 0.1) is 12.7 Å². The van der Waals surface area contributed by atoms with Gasteiger partial charge in [0, 0.05) is 32.1 Å². The van der Waals surface area contributed by atoms with Crippen molar-refractivity contribution in [1.29, 1.82) is 0 Å². The van der Waals surface area contributed by atoms with Crippen LogP contribution in [0.2, 0.25) is 0 Å². The van der Waals surface area contributed by atoms with Gasteiger partial charge in [0.2, 0.25) is 5.91 Å². The SMILES string of the molecule is COc1c(C)cc(C)cc1C(=O)N1CCCN(C(=O)C(C)C)CC1. The number of nitrogens with zero attached hydrogens (tertiary/aromatic N) is 2. The first-order valence-corrected chi connectivity index (χ1v) is 8.58. The van der Waals surface area contributed by atoms with Crippen molar-refractivity contribution in [3.8, 4) is 5.75 Å². The summed E-state index contributed by atoms with van der Waals surface area (Å²) in [6.07, 6.45) is 0.803. The Morgan fingerprint density at radius 1 is 1.04 bits per heavy atom. The molecule has 0 unspecified atom stereocenters. The third kappa shape index (κ3) is 3.89. The minimum Gasteiger partial charge on any atom is -0.496 e. The molecular weight excluding hydrogens is 304 g/mol. The van der Waals surface area contributed by atoms with Crippen LogP contribution in [0.4, 0.5) is 0 Å². The first kappa shape index (κ1) is 18.3. The highest BCUT2D eigenvalue weighted by Crippen LogP contribution is 2.26. The molecule has 2 rings (SSSR count). The second kappa shape index (κ2) is 7.69. The first-order chi connectivity index (χ1) is 11.3. The Morgan fingerprint density at radius 2 is 1.67 bits per heavy atom. The Kier molecular flexibility index (Phi) is 5.86. The number of carbonyl (C=O) groups is 2. The topological polar surface area (TPSA) is 49.9 Å². The van der Waals surface area contributed by atoms with E-state index in [1.807, 2.05) is 49.6 Å². The Bertz CT molecular complexity index is 625. The molecule has 2 amide bonds. The molecule has 0 atom stereocenters. The molecule has 1 saturated heterocycles. The zero-order valence-corrected chi connectivity index (χ0v) is 15.4. The van der Waals surface area contributed by atoms with Gasteiger partial charge in [0.15, 0.2) is 0 Å². The van der Waals surface area contributed by atoms with Crippen LogP contribution >= 0.6 is 0 Å². The average Bonchev–Trinajstić information content (AvgIpc) is 2.78. The van der Waals surface area contributed by atoms with Crippen molar-refractivity contribution in [2.45, 2.75) is 34.1 Å². The third-order valence-electron chi connectivity index (χ3n) is 4.44. The van der Waals surface area contributed by atoms with E-state index in [0.717, 1.165) is 17.5 Å². The molecule has 1 aromatic rings. The number of ether oxygens (including phenoxy) is 1. The molecule has 1 aliphatic rings. The lowest BCUT2D eigenvalue weighted by molar-refractivity contribution is -0.134. The van der Waals surface area contributed by atoms with Crippen LogP contribution in [-0.4, -0.2) is 54.9 Å². The number of amides is 2. The Hall–Kier alpha value is -2.04. The van der Waals surface area contributed by atoms with Gasteiger partial charge in [-0.15, -0.1) is 0 Å². The van der Waals surface area contributed by atoms with Gasteiger partial charge in [-0.05, 0) is 37.5 Å². The Balaban J connectivity index is 2.18. The summed E-state index contributed by atoms with van der Waals surface area (Å²) in [5.41, 5.74) is 2.62. The Labute approximate surface area is 144 Å². The Morgan fingerprint density at radius 3 is 2.29 bits per heavy atom. The molecule has 1 heterocycles. The van der Waals surface area contributed by atoms with Crippen LogP contribution in [0.5, 0.6) is 5.75 Å². The maximum Gasteiger partial charge on any atom is 0.257 e. The van der Waals surface area contributed by atoms with E-state index in [0.29, 0.717) is 37.5 Å². The van der Waals surface area contributed by atoms with E-state index < -0.39 is 0 Å². The van der Waals surface area contributed by atoms with Gasteiger partial charge >= 0.3 is 0 Å². The summed E-state index contributed by atoms with van der Waals surface area (Å²) in [6.45, 7) is 10.3. The van der Waals surface area contributed by atoms with Crippen LogP contribution in [0.3, 0.4) is 0 Å². The van der Waals surface area contributed by atoms with Crippen LogP contribution in [0.1, 0.15) is 41.8 Å². The zero-order chi connectivity index (χ0) is 17.9. The summed E-state index contributed by atoms with van der Waals surface area (Å²) >= 11 is 0. The van der Waals surface area contributed by atoms with Crippen LogP contribution in [0.15, 0.2) is 12.1 Å². The molecule has 132 valence electrons. The molecule has 5 nitrogen and oxygen atoms in total. The van der Waals surface area contributed by atoms with E-state index in [1.54, 1.807) is 7.11 Å². The number of methoxy groups -OCH3 is 1. The second-order valence-corrected chi connectivity index (χ2v) is 6.79. The summed E-state index contributed by atoms with van der Waals surface area (Å²) in [5, 5.41) is 0. The van der Waals surface area contributed by atoms with E-state index >= 15 is 0 Å². The third-order valence-corrected chi connectivity index (χ3v) is 4.44. The summed E-state index contributed by atoms with van der Waals surface area (Å²) in [4.78, 5) is 28.9. The van der Waals surface area contributed by atoms with Crippen LogP contribution in [0.25, 0.3) is 0 Å². The molecule has 0 aromatic heterocycles. The summed E-state index contributed by atoms with van der Waals surface area (Å²) < 4.78 is 5.45. The van der Waals surface area contributed by atoms with Crippen LogP contribution < -0.4 is 4.74 Å². The lowest BCUT2D eigenvalue weighted by Crippen LogP contribution is -2.39. The second-order valence-electron chi connectivity index (χ2n) is 6.79. The van der Waals surface area contributed by atoms with E-state index in [4.69, 9.17) is 4.74 Å². The summed E-state index contributed by atoms with van der Waals surface area (Å²) in [5.74, 6) is 0.780. The maximum absolute atomic E-state index is 13.0. The number of carbonyl (C=O) groups excluding carboxylic acids is 2. The van der Waals surface area contributed by atoms with Gasteiger partial charge in [-0.2, -0.15) is 0 Å². The fourth-order valence-electron chi connectivity index (χ4n) is 3.26.